The van der Waals surface area contributed by atoms with E-state index in [2.05, 4.69) is 9.97 Å². The fraction of sp³-hybridized carbons (Fsp3) is 0.467. The third kappa shape index (κ3) is 7.13. The lowest BCUT2D eigenvalue weighted by Crippen LogP contribution is -2.48. The van der Waals surface area contributed by atoms with Gasteiger partial charge in [0.15, 0.2) is 5.15 Å². The maximum absolute atomic E-state index is 13.7. The molecule has 9 nitrogen and oxygen atoms in total. The van der Waals surface area contributed by atoms with Crippen LogP contribution in [-0.4, -0.2) is 63.9 Å². The summed E-state index contributed by atoms with van der Waals surface area (Å²) in [5.74, 6) is -0.326. The number of methoxy groups -OCH3 is 1. The quantitative estimate of drug-likeness (QED) is 0.340. The summed E-state index contributed by atoms with van der Waals surface area (Å²) in [7, 11) is 1.57. The highest BCUT2D eigenvalue weighted by molar-refractivity contribution is 6.31. The molecular formula is C30H36ClN3O6. The van der Waals surface area contributed by atoms with Gasteiger partial charge >= 0.3 is 12.1 Å². The number of halogens is 1. The van der Waals surface area contributed by atoms with Gasteiger partial charge in [0.05, 0.1) is 24.7 Å². The fourth-order valence-electron chi connectivity index (χ4n) is 4.65. The molecule has 4 rings (SSSR count). The lowest BCUT2D eigenvalue weighted by molar-refractivity contribution is -0.161. The number of esters is 1. The van der Waals surface area contributed by atoms with Crippen molar-refractivity contribution in [3.8, 4) is 11.6 Å². The van der Waals surface area contributed by atoms with Crippen molar-refractivity contribution in [1.29, 1.82) is 0 Å². The molecule has 0 spiro atoms. The van der Waals surface area contributed by atoms with Gasteiger partial charge in [-0.15, -0.1) is 0 Å². The van der Waals surface area contributed by atoms with Crippen LogP contribution in [0.5, 0.6) is 11.6 Å². The van der Waals surface area contributed by atoms with Crippen molar-refractivity contribution in [3.05, 3.63) is 59.2 Å². The molecule has 1 fully saturated rings. The summed E-state index contributed by atoms with van der Waals surface area (Å²) in [5, 5.41) is 0.0701. The van der Waals surface area contributed by atoms with Crippen LogP contribution >= 0.6 is 11.6 Å². The summed E-state index contributed by atoms with van der Waals surface area (Å²) in [6, 6.07) is 14.0. The molecule has 0 unspecified atom stereocenters. The molecule has 3 aromatic rings. The maximum atomic E-state index is 13.7. The highest BCUT2D eigenvalue weighted by Gasteiger charge is 2.52. The molecule has 0 radical (unpaired) electrons. The summed E-state index contributed by atoms with van der Waals surface area (Å²) < 4.78 is 23.2. The van der Waals surface area contributed by atoms with E-state index in [1.807, 2.05) is 30.3 Å². The first-order valence-corrected chi connectivity index (χ1v) is 13.6. The Balaban J connectivity index is 1.76. The minimum atomic E-state index is -0.966. The number of fused-ring (bicyclic) bond motifs is 1. The first-order valence-electron chi connectivity index (χ1n) is 13.2. The number of carbonyl (C=O) groups excluding carboxylic acids is 2. The second-order valence-electron chi connectivity index (χ2n) is 11.8. The Hall–Kier alpha value is -3.59. The van der Waals surface area contributed by atoms with Gasteiger partial charge in [-0.25, -0.2) is 19.6 Å². The Labute approximate surface area is 239 Å². The third-order valence-electron chi connectivity index (χ3n) is 6.25. The van der Waals surface area contributed by atoms with Crippen LogP contribution in [0.15, 0.2) is 48.5 Å². The molecule has 40 heavy (non-hydrogen) atoms. The average Bonchev–Trinajstić information content (AvgIpc) is 3.21. The van der Waals surface area contributed by atoms with Gasteiger partial charge in [-0.1, -0.05) is 41.9 Å². The molecule has 10 heteroatoms. The van der Waals surface area contributed by atoms with E-state index >= 15 is 0 Å². The molecule has 0 N–H and O–H groups in total. The molecular weight excluding hydrogens is 534 g/mol. The number of carbonyl (C=O) groups is 2. The first kappa shape index (κ1) is 29.4. The number of ether oxygens (including phenoxy) is 4. The van der Waals surface area contributed by atoms with Gasteiger partial charge in [0.1, 0.15) is 29.1 Å². The standard InChI is InChI=1S/C30H36ClN3O6/c1-29(2,3)39-27(35)24-20(15-18-11-9-8-10-12-18)23(17-34(24)28(36)40-30(4,5)6)38-26-25(31)32-21-14-13-19(37-7)16-22(21)33-26/h8-14,16,20,23-24H,15,17H2,1-7H3/t20-,23+,24+/m1/s1. The van der Waals surface area contributed by atoms with Gasteiger partial charge in [0.25, 0.3) is 5.88 Å². The minimum absolute atomic E-state index is 0.0600. The van der Waals surface area contributed by atoms with Gasteiger partial charge in [-0.2, -0.15) is 0 Å². The van der Waals surface area contributed by atoms with Crippen molar-refractivity contribution in [3.63, 3.8) is 0 Å². The molecule has 2 aromatic carbocycles. The van der Waals surface area contributed by atoms with E-state index in [4.69, 9.17) is 30.5 Å². The van der Waals surface area contributed by atoms with E-state index in [9.17, 15) is 9.59 Å². The van der Waals surface area contributed by atoms with E-state index in [0.29, 0.717) is 23.2 Å². The molecule has 214 valence electrons. The first-order chi connectivity index (χ1) is 18.7. The predicted molar refractivity (Wildman–Crippen MR) is 152 cm³/mol. The topological polar surface area (TPSA) is 100 Å². The number of rotatable bonds is 6. The fourth-order valence-corrected chi connectivity index (χ4v) is 4.82. The Bertz CT molecular complexity index is 1370. The summed E-state index contributed by atoms with van der Waals surface area (Å²) >= 11 is 6.51. The van der Waals surface area contributed by atoms with Crippen LogP contribution in [-0.2, 0) is 20.7 Å². The summed E-state index contributed by atoms with van der Waals surface area (Å²) in [4.78, 5) is 37.5. The number of aromatic nitrogens is 2. The van der Waals surface area contributed by atoms with Crippen molar-refractivity contribution in [2.24, 2.45) is 5.92 Å². The molecule has 0 aliphatic carbocycles. The zero-order valence-electron chi connectivity index (χ0n) is 23.9. The van der Waals surface area contributed by atoms with Crippen LogP contribution in [0.1, 0.15) is 47.1 Å². The van der Waals surface area contributed by atoms with Crippen molar-refractivity contribution in [2.45, 2.75) is 71.3 Å². The summed E-state index contributed by atoms with van der Waals surface area (Å²) in [5.41, 5.74) is 0.548. The van der Waals surface area contributed by atoms with Crippen molar-refractivity contribution < 1.29 is 28.5 Å². The van der Waals surface area contributed by atoms with Crippen LogP contribution in [0.25, 0.3) is 11.0 Å². The van der Waals surface area contributed by atoms with Gasteiger partial charge in [-0.05, 0) is 65.7 Å². The zero-order valence-corrected chi connectivity index (χ0v) is 24.7. The lowest BCUT2D eigenvalue weighted by Gasteiger charge is -2.31. The predicted octanol–water partition coefficient (Wildman–Crippen LogP) is 5.86. The number of nitrogens with zero attached hydrogens (tertiary/aromatic N) is 3. The minimum Gasteiger partial charge on any atom is -0.497 e. The zero-order chi connectivity index (χ0) is 29.2. The second kappa shape index (κ2) is 11.5. The van der Waals surface area contributed by atoms with Gasteiger partial charge in [0.2, 0.25) is 0 Å². The molecule has 1 aliphatic rings. The highest BCUT2D eigenvalue weighted by atomic mass is 35.5. The second-order valence-corrected chi connectivity index (χ2v) is 12.2. The largest absolute Gasteiger partial charge is 0.497 e. The number of benzene rings is 2. The smallest absolute Gasteiger partial charge is 0.411 e. The van der Waals surface area contributed by atoms with Crippen LogP contribution in [0.3, 0.4) is 0 Å². The normalized spacial score (nSPS) is 19.4. The van der Waals surface area contributed by atoms with Crippen LogP contribution < -0.4 is 9.47 Å². The molecule has 3 atom stereocenters. The highest BCUT2D eigenvalue weighted by Crippen LogP contribution is 2.36. The molecule has 0 saturated carbocycles. The van der Waals surface area contributed by atoms with Gasteiger partial charge in [0, 0.05) is 12.0 Å². The van der Waals surface area contributed by atoms with Crippen molar-refractivity contribution >= 4 is 34.7 Å². The molecule has 0 bridgehead atoms. The van der Waals surface area contributed by atoms with Crippen LogP contribution in [0, 0.1) is 5.92 Å². The lowest BCUT2D eigenvalue weighted by atomic mass is 9.90. The SMILES string of the molecule is COc1ccc2nc(Cl)c(O[C@H]3CN(C(=O)OC(C)(C)C)[C@H](C(=O)OC(C)(C)C)[C@@H]3Cc3ccccc3)nc2c1. The Kier molecular flexibility index (Phi) is 8.44. The van der Waals surface area contributed by atoms with E-state index < -0.39 is 41.3 Å². The average molecular weight is 570 g/mol. The number of amides is 1. The van der Waals surface area contributed by atoms with Crippen LogP contribution in [0.2, 0.25) is 5.15 Å². The van der Waals surface area contributed by atoms with Gasteiger partial charge < -0.3 is 18.9 Å². The Morgan fingerprint density at radius 1 is 0.950 bits per heavy atom. The van der Waals surface area contributed by atoms with E-state index in [1.165, 1.54) is 4.90 Å². The monoisotopic (exact) mass is 569 g/mol. The summed E-state index contributed by atoms with van der Waals surface area (Å²) in [6.07, 6.45) is -0.866. The van der Waals surface area contributed by atoms with Crippen LogP contribution in [0.4, 0.5) is 4.79 Å². The Morgan fingerprint density at radius 2 is 1.62 bits per heavy atom. The molecule has 1 aromatic heterocycles. The molecule has 1 saturated heterocycles. The van der Waals surface area contributed by atoms with E-state index in [0.717, 1.165) is 5.56 Å². The number of hydrogen-bond donors (Lipinski definition) is 0. The number of likely N-dealkylation sites (tertiary alicyclic amines) is 1. The molecule has 1 amide bonds. The molecule has 2 heterocycles. The van der Waals surface area contributed by atoms with E-state index in [-0.39, 0.29) is 17.6 Å². The number of hydrogen-bond acceptors (Lipinski definition) is 8. The van der Waals surface area contributed by atoms with Crippen molar-refractivity contribution in [1.82, 2.24) is 14.9 Å². The van der Waals surface area contributed by atoms with Gasteiger partial charge in [-0.3, -0.25) is 4.90 Å². The summed E-state index contributed by atoms with van der Waals surface area (Å²) in [6.45, 7) is 10.8. The third-order valence-corrected chi connectivity index (χ3v) is 6.49. The van der Waals surface area contributed by atoms with E-state index in [1.54, 1.807) is 66.9 Å². The molecule has 1 aliphatic heterocycles. The Morgan fingerprint density at radius 3 is 2.25 bits per heavy atom. The van der Waals surface area contributed by atoms with Crippen molar-refractivity contribution in [2.75, 3.05) is 13.7 Å². The maximum Gasteiger partial charge on any atom is 0.411 e.